The van der Waals surface area contributed by atoms with Crippen molar-refractivity contribution in [2.24, 2.45) is 23.2 Å². The fraction of sp³-hybridized carbons (Fsp3) is 0.441. The van der Waals surface area contributed by atoms with Gasteiger partial charge in [0.2, 0.25) is 0 Å². The molecule has 3 aromatic rings. The predicted molar refractivity (Wildman–Crippen MR) is 155 cm³/mol. The Balaban J connectivity index is 1.08. The highest BCUT2D eigenvalue weighted by Gasteiger charge is 2.55. The summed E-state index contributed by atoms with van der Waals surface area (Å²) in [5.41, 5.74) is 2.92. The van der Waals surface area contributed by atoms with E-state index in [1.807, 2.05) is 48.5 Å². The largest absolute Gasteiger partial charge is 0.432 e. The van der Waals surface area contributed by atoms with Gasteiger partial charge in [0, 0.05) is 18.0 Å². The molecular formula is C34H35F2NO3S. The van der Waals surface area contributed by atoms with Gasteiger partial charge in [-0.15, -0.1) is 0 Å². The Bertz CT molecular complexity index is 1370. The van der Waals surface area contributed by atoms with Crippen LogP contribution in [-0.4, -0.2) is 21.9 Å². The van der Waals surface area contributed by atoms with Crippen molar-refractivity contribution in [1.29, 1.82) is 0 Å². The van der Waals surface area contributed by atoms with Gasteiger partial charge in [0.1, 0.15) is 5.75 Å². The summed E-state index contributed by atoms with van der Waals surface area (Å²) in [6, 6.07) is 27.1. The van der Waals surface area contributed by atoms with Crippen molar-refractivity contribution in [3.63, 3.8) is 0 Å². The lowest BCUT2D eigenvalue weighted by molar-refractivity contribution is -0.137. The lowest BCUT2D eigenvalue weighted by Crippen LogP contribution is -2.53. The average molecular weight is 576 g/mol. The molecule has 0 aromatic heterocycles. The normalized spacial score (nSPS) is 32.3. The zero-order valence-corrected chi connectivity index (χ0v) is 23.7. The zero-order valence-electron chi connectivity index (χ0n) is 22.9. The van der Waals surface area contributed by atoms with Gasteiger partial charge in [-0.05, 0) is 90.7 Å². The Morgan fingerprint density at radius 3 is 1.80 bits per heavy atom. The van der Waals surface area contributed by atoms with Crippen LogP contribution in [-0.2, 0) is 15.9 Å². The Morgan fingerprint density at radius 1 is 0.780 bits per heavy atom. The number of carbonyl (C=O) groups excluding carboxylic acids is 1. The number of alkyl halides is 2. The van der Waals surface area contributed by atoms with Crippen molar-refractivity contribution in [1.82, 2.24) is 5.32 Å². The van der Waals surface area contributed by atoms with Gasteiger partial charge < -0.3 is 9.50 Å². The van der Waals surface area contributed by atoms with E-state index in [0.717, 1.165) is 30.4 Å². The summed E-state index contributed by atoms with van der Waals surface area (Å²) in [4.78, 5) is 12.8. The van der Waals surface area contributed by atoms with Crippen LogP contribution in [0.5, 0.6) is 5.75 Å². The molecule has 41 heavy (non-hydrogen) atoms. The standard InChI is InChI=1S/C34H35F2NO3S/c35-34(36,32(38)37-21-33-18-22-15-23(19-33)17-24(16-22)20-33)41(39)40-28-14-8-7-13-27(28)31-29(25-9-3-1-4-10-25)30(31)26-11-5-2-6-12-26/h1-14,22-24,29-31H,15-21H2,(H,37,38). The maximum Gasteiger partial charge on any atom is 0.432 e. The molecule has 3 aromatic carbocycles. The maximum absolute atomic E-state index is 15.3. The summed E-state index contributed by atoms with van der Waals surface area (Å²) in [6.45, 7) is 0.221. The highest BCUT2D eigenvalue weighted by atomic mass is 32.2. The molecule has 4 nitrogen and oxygen atoms in total. The van der Waals surface area contributed by atoms with Crippen LogP contribution >= 0.6 is 0 Å². The molecule has 214 valence electrons. The van der Waals surface area contributed by atoms with Gasteiger partial charge in [0.05, 0.1) is 0 Å². The van der Waals surface area contributed by atoms with E-state index in [-0.39, 0.29) is 35.5 Å². The fourth-order valence-corrected chi connectivity index (χ4v) is 9.44. The number of nitrogens with one attached hydrogen (secondary N) is 1. The van der Waals surface area contributed by atoms with Crippen molar-refractivity contribution < 1.29 is 22.0 Å². The predicted octanol–water partition coefficient (Wildman–Crippen LogP) is 7.32. The van der Waals surface area contributed by atoms with E-state index in [2.05, 4.69) is 29.6 Å². The minimum absolute atomic E-state index is 0.0356. The van der Waals surface area contributed by atoms with Gasteiger partial charge in [-0.2, -0.15) is 8.78 Å². The number of amides is 1. The van der Waals surface area contributed by atoms with E-state index >= 15 is 8.78 Å². The molecule has 3 unspecified atom stereocenters. The maximum atomic E-state index is 15.3. The summed E-state index contributed by atoms with van der Waals surface area (Å²) in [6.07, 6.45) is 6.67. The second-order valence-corrected chi connectivity index (χ2v) is 14.0. The first-order valence-corrected chi connectivity index (χ1v) is 15.9. The third-order valence-electron chi connectivity index (χ3n) is 10.1. The zero-order chi connectivity index (χ0) is 28.2. The molecule has 4 bridgehead atoms. The van der Waals surface area contributed by atoms with E-state index in [0.29, 0.717) is 23.3 Å². The molecule has 1 N–H and O–H groups in total. The van der Waals surface area contributed by atoms with Crippen molar-refractivity contribution in [3.8, 4) is 5.75 Å². The third-order valence-corrected chi connectivity index (χ3v) is 11.0. The fourth-order valence-electron chi connectivity index (χ4n) is 8.80. The molecule has 0 spiro atoms. The van der Waals surface area contributed by atoms with Gasteiger partial charge >= 0.3 is 11.2 Å². The number of rotatable bonds is 9. The van der Waals surface area contributed by atoms with Gasteiger partial charge in [-0.3, -0.25) is 4.79 Å². The molecular weight excluding hydrogens is 540 g/mol. The van der Waals surface area contributed by atoms with Crippen LogP contribution in [0.4, 0.5) is 8.78 Å². The van der Waals surface area contributed by atoms with Crippen molar-refractivity contribution in [2.75, 3.05) is 6.54 Å². The van der Waals surface area contributed by atoms with E-state index in [1.54, 1.807) is 12.1 Å². The second-order valence-electron chi connectivity index (χ2n) is 12.9. The van der Waals surface area contributed by atoms with Crippen molar-refractivity contribution in [2.45, 2.75) is 61.5 Å². The van der Waals surface area contributed by atoms with Crippen LogP contribution < -0.4 is 9.50 Å². The monoisotopic (exact) mass is 575 g/mol. The number of hydrogen-bond acceptors (Lipinski definition) is 3. The smallest absolute Gasteiger partial charge is 0.396 e. The first-order valence-electron chi connectivity index (χ1n) is 14.8. The van der Waals surface area contributed by atoms with Gasteiger partial charge in [-0.25, -0.2) is 4.21 Å². The number of halogens is 2. The first-order chi connectivity index (χ1) is 19.8. The third kappa shape index (κ3) is 5.00. The first kappa shape index (κ1) is 26.8. The van der Waals surface area contributed by atoms with Crippen LogP contribution in [0.3, 0.4) is 0 Å². The Hall–Kier alpha value is -3.06. The number of hydrogen-bond donors (Lipinski definition) is 1. The highest BCUT2D eigenvalue weighted by molar-refractivity contribution is 7.82. The molecule has 5 aliphatic rings. The molecule has 0 radical (unpaired) electrons. The van der Waals surface area contributed by atoms with Crippen LogP contribution in [0.1, 0.15) is 73.0 Å². The summed E-state index contributed by atoms with van der Waals surface area (Å²) in [5, 5.41) is -1.68. The Labute approximate surface area is 242 Å². The van der Waals surface area contributed by atoms with Crippen molar-refractivity contribution >= 4 is 17.0 Å². The van der Waals surface area contributed by atoms with Crippen LogP contribution in [0.2, 0.25) is 0 Å². The molecule has 5 saturated carbocycles. The van der Waals surface area contributed by atoms with Gasteiger partial charge in [0.25, 0.3) is 11.1 Å². The molecule has 0 aliphatic heterocycles. The highest BCUT2D eigenvalue weighted by Crippen LogP contribution is 2.67. The van der Waals surface area contributed by atoms with E-state index in [4.69, 9.17) is 4.18 Å². The van der Waals surface area contributed by atoms with E-state index < -0.39 is 22.2 Å². The Kier molecular flexibility index (Phi) is 6.76. The van der Waals surface area contributed by atoms with Gasteiger partial charge in [-0.1, -0.05) is 78.9 Å². The number of para-hydroxylation sites is 1. The Morgan fingerprint density at radius 2 is 1.27 bits per heavy atom. The average Bonchev–Trinajstić information content (AvgIpc) is 3.72. The number of carbonyl (C=O) groups is 1. The molecule has 8 rings (SSSR count). The molecule has 5 aliphatic carbocycles. The molecule has 5 fully saturated rings. The SMILES string of the molecule is O=C(NCC12CC3CC(CC(C3)C1)C2)C(F)(F)S(=O)Oc1ccccc1C1C(c2ccccc2)C1c1ccccc1. The van der Waals surface area contributed by atoms with E-state index in [1.165, 1.54) is 19.3 Å². The minimum Gasteiger partial charge on any atom is -0.396 e. The lowest BCUT2D eigenvalue weighted by Gasteiger charge is -2.56. The molecule has 0 saturated heterocycles. The summed E-state index contributed by atoms with van der Waals surface area (Å²) < 4.78 is 48.9. The molecule has 3 atom stereocenters. The lowest BCUT2D eigenvalue weighted by atomic mass is 9.49. The summed E-state index contributed by atoms with van der Waals surface area (Å²) in [5.74, 6) is 0.773. The van der Waals surface area contributed by atoms with E-state index in [9.17, 15) is 9.00 Å². The van der Waals surface area contributed by atoms with Gasteiger partial charge in [0.15, 0.2) is 0 Å². The number of benzene rings is 3. The van der Waals surface area contributed by atoms with Crippen LogP contribution in [0.15, 0.2) is 84.9 Å². The molecule has 1 amide bonds. The molecule has 7 heteroatoms. The summed E-state index contributed by atoms with van der Waals surface area (Å²) >= 11 is -3.18. The molecule has 0 heterocycles. The van der Waals surface area contributed by atoms with Crippen LogP contribution in [0, 0.1) is 23.2 Å². The summed E-state index contributed by atoms with van der Waals surface area (Å²) in [7, 11) is 0. The topological polar surface area (TPSA) is 55.4 Å². The van der Waals surface area contributed by atoms with Crippen molar-refractivity contribution in [3.05, 3.63) is 102 Å². The van der Waals surface area contributed by atoms with Crippen LogP contribution in [0.25, 0.3) is 0 Å². The second kappa shape index (κ2) is 10.3. The quantitative estimate of drug-likeness (QED) is 0.291. The minimum atomic E-state index is -4.17.